The van der Waals surface area contributed by atoms with Crippen molar-refractivity contribution in [2.75, 3.05) is 26.4 Å². The summed E-state index contributed by atoms with van der Waals surface area (Å²) < 4.78 is 10.4. The van der Waals surface area contributed by atoms with E-state index in [9.17, 15) is 4.79 Å². The third-order valence-electron chi connectivity index (χ3n) is 2.03. The number of Topliss-reactive ketones (excluding diaryl/α,β-unsaturated/α-hetero) is 1. The van der Waals surface area contributed by atoms with Gasteiger partial charge in [0.05, 0.1) is 13.2 Å². The zero-order valence-corrected chi connectivity index (χ0v) is 7.54. The van der Waals surface area contributed by atoms with Crippen LogP contribution in [-0.4, -0.2) is 32.2 Å². The highest BCUT2D eigenvalue weighted by Gasteiger charge is 2.15. The lowest BCUT2D eigenvalue weighted by Crippen LogP contribution is -2.14. The van der Waals surface area contributed by atoms with Crippen LogP contribution in [0.4, 0.5) is 0 Å². The first-order chi connectivity index (χ1) is 5.83. The minimum Gasteiger partial charge on any atom is -0.381 e. The molecular weight excluding hydrogens is 156 g/mol. The van der Waals surface area contributed by atoms with Crippen LogP contribution >= 0.6 is 0 Å². The minimum absolute atomic E-state index is 0.175. The van der Waals surface area contributed by atoms with E-state index in [0.717, 1.165) is 19.6 Å². The second-order valence-electron chi connectivity index (χ2n) is 3.14. The largest absolute Gasteiger partial charge is 0.381 e. The van der Waals surface area contributed by atoms with E-state index >= 15 is 0 Å². The van der Waals surface area contributed by atoms with E-state index in [1.165, 1.54) is 0 Å². The highest BCUT2D eigenvalue weighted by Crippen LogP contribution is 2.11. The van der Waals surface area contributed by atoms with Gasteiger partial charge in [0, 0.05) is 18.9 Å². The zero-order chi connectivity index (χ0) is 8.81. The number of carbonyl (C=O) groups is 1. The standard InChI is InChI=1S/C9H16O3/c1-2-9(10)7-12-6-8-3-4-11-5-8/h8H,2-7H2,1H3. The molecule has 1 saturated heterocycles. The first-order valence-corrected chi connectivity index (χ1v) is 4.50. The van der Waals surface area contributed by atoms with Crippen molar-refractivity contribution >= 4 is 5.78 Å². The van der Waals surface area contributed by atoms with Crippen molar-refractivity contribution in [3.05, 3.63) is 0 Å². The highest BCUT2D eigenvalue weighted by molar-refractivity contribution is 5.79. The Labute approximate surface area is 73.0 Å². The second kappa shape index (κ2) is 5.27. The monoisotopic (exact) mass is 172 g/mol. The third-order valence-corrected chi connectivity index (χ3v) is 2.03. The van der Waals surface area contributed by atoms with Gasteiger partial charge < -0.3 is 9.47 Å². The van der Waals surface area contributed by atoms with Crippen molar-refractivity contribution in [3.8, 4) is 0 Å². The van der Waals surface area contributed by atoms with Gasteiger partial charge in [0.2, 0.25) is 0 Å². The molecule has 1 heterocycles. The molecule has 3 nitrogen and oxygen atoms in total. The molecule has 1 aliphatic heterocycles. The van der Waals surface area contributed by atoms with Crippen LogP contribution < -0.4 is 0 Å². The summed E-state index contributed by atoms with van der Waals surface area (Å²) in [6.45, 7) is 4.43. The van der Waals surface area contributed by atoms with Crippen molar-refractivity contribution < 1.29 is 14.3 Å². The predicted molar refractivity (Wildman–Crippen MR) is 45.0 cm³/mol. The fourth-order valence-electron chi connectivity index (χ4n) is 1.16. The van der Waals surface area contributed by atoms with E-state index in [1.807, 2.05) is 6.92 Å². The smallest absolute Gasteiger partial charge is 0.158 e. The molecule has 1 aliphatic rings. The molecule has 1 atom stereocenters. The zero-order valence-electron chi connectivity index (χ0n) is 7.54. The van der Waals surface area contributed by atoms with Gasteiger partial charge in [-0.2, -0.15) is 0 Å². The molecule has 0 aromatic rings. The predicted octanol–water partition coefficient (Wildman–Crippen LogP) is 1.02. The molecule has 70 valence electrons. The first kappa shape index (κ1) is 9.68. The Bertz CT molecular complexity index is 139. The van der Waals surface area contributed by atoms with E-state index in [1.54, 1.807) is 0 Å². The highest BCUT2D eigenvalue weighted by atomic mass is 16.5. The summed E-state index contributed by atoms with van der Waals surface area (Å²) in [5.41, 5.74) is 0. The maximum absolute atomic E-state index is 10.8. The number of hydrogen-bond donors (Lipinski definition) is 0. The Morgan fingerprint density at radius 3 is 3.08 bits per heavy atom. The number of ether oxygens (including phenoxy) is 2. The molecule has 0 amide bonds. The molecule has 1 rings (SSSR count). The first-order valence-electron chi connectivity index (χ1n) is 4.50. The summed E-state index contributed by atoms with van der Waals surface area (Å²) in [5, 5.41) is 0. The number of hydrogen-bond acceptors (Lipinski definition) is 3. The lowest BCUT2D eigenvalue weighted by molar-refractivity contribution is -0.123. The average molecular weight is 172 g/mol. The molecule has 1 fully saturated rings. The van der Waals surface area contributed by atoms with Crippen LogP contribution in [0.2, 0.25) is 0 Å². The van der Waals surface area contributed by atoms with Gasteiger partial charge in [-0.1, -0.05) is 6.92 Å². The summed E-state index contributed by atoms with van der Waals surface area (Å²) in [6, 6.07) is 0. The van der Waals surface area contributed by atoms with Gasteiger partial charge in [0.25, 0.3) is 0 Å². The van der Waals surface area contributed by atoms with Gasteiger partial charge in [0.1, 0.15) is 6.61 Å². The second-order valence-corrected chi connectivity index (χ2v) is 3.14. The topological polar surface area (TPSA) is 35.5 Å². The number of carbonyl (C=O) groups excluding carboxylic acids is 1. The summed E-state index contributed by atoms with van der Waals surface area (Å²) in [4.78, 5) is 10.8. The lowest BCUT2D eigenvalue weighted by atomic mass is 10.1. The SMILES string of the molecule is CCC(=O)COCC1CCOC1. The van der Waals surface area contributed by atoms with Gasteiger partial charge >= 0.3 is 0 Å². The molecule has 0 aromatic heterocycles. The Morgan fingerprint density at radius 2 is 2.50 bits per heavy atom. The van der Waals surface area contributed by atoms with Crippen molar-refractivity contribution in [1.29, 1.82) is 0 Å². The Hall–Kier alpha value is -0.410. The van der Waals surface area contributed by atoms with Crippen molar-refractivity contribution in [2.45, 2.75) is 19.8 Å². The Balaban J connectivity index is 1.97. The fraction of sp³-hybridized carbons (Fsp3) is 0.889. The quantitative estimate of drug-likeness (QED) is 0.621. The van der Waals surface area contributed by atoms with E-state index in [-0.39, 0.29) is 12.4 Å². The fourth-order valence-corrected chi connectivity index (χ4v) is 1.16. The van der Waals surface area contributed by atoms with E-state index < -0.39 is 0 Å². The molecule has 0 aromatic carbocycles. The van der Waals surface area contributed by atoms with E-state index in [4.69, 9.17) is 9.47 Å². The van der Waals surface area contributed by atoms with Gasteiger partial charge in [-0.15, -0.1) is 0 Å². The van der Waals surface area contributed by atoms with Crippen molar-refractivity contribution in [1.82, 2.24) is 0 Å². The number of rotatable bonds is 5. The van der Waals surface area contributed by atoms with Crippen LogP contribution in [0.5, 0.6) is 0 Å². The molecule has 0 N–H and O–H groups in total. The van der Waals surface area contributed by atoms with Crippen molar-refractivity contribution in [2.24, 2.45) is 5.92 Å². The molecule has 0 bridgehead atoms. The molecule has 3 heteroatoms. The van der Waals surface area contributed by atoms with Gasteiger partial charge in [-0.25, -0.2) is 0 Å². The van der Waals surface area contributed by atoms with Crippen LogP contribution in [0.3, 0.4) is 0 Å². The van der Waals surface area contributed by atoms with E-state index in [0.29, 0.717) is 18.9 Å². The third kappa shape index (κ3) is 3.32. The maximum atomic E-state index is 10.8. The van der Waals surface area contributed by atoms with Gasteiger partial charge in [0.15, 0.2) is 5.78 Å². The molecule has 0 aliphatic carbocycles. The molecule has 0 spiro atoms. The minimum atomic E-state index is 0.175. The Morgan fingerprint density at radius 1 is 1.67 bits per heavy atom. The normalized spacial score (nSPS) is 22.9. The maximum Gasteiger partial charge on any atom is 0.158 e. The van der Waals surface area contributed by atoms with Crippen molar-refractivity contribution in [3.63, 3.8) is 0 Å². The average Bonchev–Trinajstić information content (AvgIpc) is 2.57. The van der Waals surface area contributed by atoms with Gasteiger partial charge in [-0.05, 0) is 6.42 Å². The van der Waals surface area contributed by atoms with Crippen LogP contribution in [-0.2, 0) is 14.3 Å². The van der Waals surface area contributed by atoms with Crippen LogP contribution in [0, 0.1) is 5.92 Å². The van der Waals surface area contributed by atoms with Gasteiger partial charge in [-0.3, -0.25) is 4.79 Å². The Kier molecular flexibility index (Phi) is 4.25. The molecule has 0 radical (unpaired) electrons. The summed E-state index contributed by atoms with van der Waals surface area (Å²) >= 11 is 0. The molecule has 0 saturated carbocycles. The van der Waals surface area contributed by atoms with Crippen LogP contribution in [0.15, 0.2) is 0 Å². The van der Waals surface area contributed by atoms with E-state index in [2.05, 4.69) is 0 Å². The summed E-state index contributed by atoms with van der Waals surface area (Å²) in [6.07, 6.45) is 1.64. The summed E-state index contributed by atoms with van der Waals surface area (Å²) in [5.74, 6) is 0.684. The molecule has 12 heavy (non-hydrogen) atoms. The molecular formula is C9H16O3. The lowest BCUT2D eigenvalue weighted by Gasteiger charge is -2.06. The van der Waals surface area contributed by atoms with Crippen LogP contribution in [0.25, 0.3) is 0 Å². The van der Waals surface area contributed by atoms with Crippen LogP contribution in [0.1, 0.15) is 19.8 Å². The summed E-state index contributed by atoms with van der Waals surface area (Å²) in [7, 11) is 0. The molecule has 1 unspecified atom stereocenters. The number of ketones is 1.